The first-order chi connectivity index (χ1) is 12.5. The lowest BCUT2D eigenvalue weighted by atomic mass is 9.76. The van der Waals surface area contributed by atoms with Crippen molar-refractivity contribution in [3.63, 3.8) is 0 Å². The van der Waals surface area contributed by atoms with E-state index in [1.807, 2.05) is 6.07 Å². The summed E-state index contributed by atoms with van der Waals surface area (Å²) >= 11 is 0. The van der Waals surface area contributed by atoms with E-state index in [1.54, 1.807) is 14.2 Å². The van der Waals surface area contributed by atoms with Crippen LogP contribution in [-0.2, 0) is 0 Å². The molecule has 0 aliphatic heterocycles. The molecule has 2 atom stereocenters. The Hall–Kier alpha value is -1.96. The van der Waals surface area contributed by atoms with Gasteiger partial charge in [-0.05, 0) is 59.8 Å². The molecule has 2 heteroatoms. The number of ether oxygens (including phenoxy) is 2. The molecule has 0 fully saturated rings. The SMILES string of the molecule is COc1ccc(C(CC(C)C)CC(c2ccccc2)C(C)C)cc1OC. The van der Waals surface area contributed by atoms with Crippen LogP contribution in [0.3, 0.4) is 0 Å². The fourth-order valence-corrected chi connectivity index (χ4v) is 3.84. The van der Waals surface area contributed by atoms with Gasteiger partial charge in [0.25, 0.3) is 0 Å². The fourth-order valence-electron chi connectivity index (χ4n) is 3.84. The quantitative estimate of drug-likeness (QED) is 0.501. The third-order valence-corrected chi connectivity index (χ3v) is 5.21. The first-order valence-corrected chi connectivity index (χ1v) is 9.73. The van der Waals surface area contributed by atoms with Crippen molar-refractivity contribution in [1.29, 1.82) is 0 Å². The molecule has 2 aromatic rings. The normalized spacial score (nSPS) is 13.7. The Bertz CT molecular complexity index is 661. The lowest BCUT2D eigenvalue weighted by Gasteiger charge is -2.28. The van der Waals surface area contributed by atoms with E-state index in [4.69, 9.17) is 9.47 Å². The van der Waals surface area contributed by atoms with Gasteiger partial charge >= 0.3 is 0 Å². The van der Waals surface area contributed by atoms with Crippen LogP contribution in [0.15, 0.2) is 48.5 Å². The Balaban J connectivity index is 2.34. The van der Waals surface area contributed by atoms with E-state index in [0.717, 1.165) is 17.9 Å². The third kappa shape index (κ3) is 5.27. The van der Waals surface area contributed by atoms with Crippen LogP contribution in [0.5, 0.6) is 11.5 Å². The van der Waals surface area contributed by atoms with Crippen LogP contribution in [-0.4, -0.2) is 14.2 Å². The van der Waals surface area contributed by atoms with Gasteiger partial charge in [0.2, 0.25) is 0 Å². The average molecular weight is 355 g/mol. The second-order valence-electron chi connectivity index (χ2n) is 7.94. The van der Waals surface area contributed by atoms with Gasteiger partial charge in [0.15, 0.2) is 11.5 Å². The largest absolute Gasteiger partial charge is 0.493 e. The molecule has 0 radical (unpaired) electrons. The zero-order valence-corrected chi connectivity index (χ0v) is 17.2. The van der Waals surface area contributed by atoms with Crippen molar-refractivity contribution in [2.75, 3.05) is 14.2 Å². The van der Waals surface area contributed by atoms with E-state index in [9.17, 15) is 0 Å². The summed E-state index contributed by atoms with van der Waals surface area (Å²) in [5.74, 6) is 3.92. The minimum absolute atomic E-state index is 0.502. The second-order valence-corrected chi connectivity index (χ2v) is 7.94. The van der Waals surface area contributed by atoms with Gasteiger partial charge in [0.1, 0.15) is 0 Å². The van der Waals surface area contributed by atoms with Crippen molar-refractivity contribution >= 4 is 0 Å². The van der Waals surface area contributed by atoms with Gasteiger partial charge in [-0.3, -0.25) is 0 Å². The molecule has 0 aliphatic rings. The van der Waals surface area contributed by atoms with E-state index in [2.05, 4.69) is 70.2 Å². The first-order valence-electron chi connectivity index (χ1n) is 9.73. The molecular weight excluding hydrogens is 320 g/mol. The molecule has 26 heavy (non-hydrogen) atoms. The van der Waals surface area contributed by atoms with Crippen LogP contribution in [0.1, 0.15) is 63.5 Å². The lowest BCUT2D eigenvalue weighted by molar-refractivity contribution is 0.351. The molecule has 0 heterocycles. The minimum Gasteiger partial charge on any atom is -0.493 e. The van der Waals surface area contributed by atoms with Crippen LogP contribution in [0, 0.1) is 11.8 Å². The molecule has 0 aliphatic carbocycles. The third-order valence-electron chi connectivity index (χ3n) is 5.21. The van der Waals surface area contributed by atoms with Gasteiger partial charge in [-0.15, -0.1) is 0 Å². The van der Waals surface area contributed by atoms with Crippen molar-refractivity contribution in [2.45, 2.75) is 52.4 Å². The van der Waals surface area contributed by atoms with Crippen molar-refractivity contribution in [1.82, 2.24) is 0 Å². The molecule has 2 rings (SSSR count). The molecule has 2 unspecified atom stereocenters. The molecule has 0 aromatic heterocycles. The average Bonchev–Trinajstić information content (AvgIpc) is 2.64. The molecule has 0 saturated carbocycles. The van der Waals surface area contributed by atoms with E-state index < -0.39 is 0 Å². The summed E-state index contributed by atoms with van der Waals surface area (Å²) in [6.45, 7) is 9.28. The van der Waals surface area contributed by atoms with Crippen molar-refractivity contribution in [2.24, 2.45) is 11.8 Å². The number of rotatable bonds is 9. The Morgan fingerprint density at radius 2 is 1.38 bits per heavy atom. The summed E-state index contributed by atoms with van der Waals surface area (Å²) in [6, 6.07) is 17.3. The second kappa shape index (κ2) is 9.66. The van der Waals surface area contributed by atoms with E-state index >= 15 is 0 Å². The number of hydrogen-bond acceptors (Lipinski definition) is 2. The minimum atomic E-state index is 0.502. The molecule has 0 bridgehead atoms. The molecule has 0 spiro atoms. The maximum absolute atomic E-state index is 5.54. The Morgan fingerprint density at radius 3 is 1.92 bits per heavy atom. The van der Waals surface area contributed by atoms with Gasteiger partial charge in [0, 0.05) is 0 Å². The highest BCUT2D eigenvalue weighted by atomic mass is 16.5. The molecule has 0 N–H and O–H groups in total. The highest BCUT2D eigenvalue weighted by molar-refractivity contribution is 5.44. The van der Waals surface area contributed by atoms with Crippen molar-refractivity contribution < 1.29 is 9.47 Å². The summed E-state index contributed by atoms with van der Waals surface area (Å²) in [5, 5.41) is 0. The summed E-state index contributed by atoms with van der Waals surface area (Å²) in [7, 11) is 3.40. The lowest BCUT2D eigenvalue weighted by Crippen LogP contribution is -2.14. The Kier molecular flexibility index (Phi) is 7.56. The smallest absolute Gasteiger partial charge is 0.160 e. The maximum Gasteiger partial charge on any atom is 0.160 e. The zero-order chi connectivity index (χ0) is 19.1. The number of benzene rings is 2. The molecule has 0 amide bonds. The van der Waals surface area contributed by atoms with Crippen LogP contribution in [0.4, 0.5) is 0 Å². The van der Waals surface area contributed by atoms with Gasteiger partial charge < -0.3 is 9.47 Å². The molecule has 2 nitrogen and oxygen atoms in total. The molecule has 2 aromatic carbocycles. The van der Waals surface area contributed by atoms with Crippen LogP contribution >= 0.6 is 0 Å². The van der Waals surface area contributed by atoms with E-state index in [1.165, 1.54) is 17.5 Å². The topological polar surface area (TPSA) is 18.5 Å². The van der Waals surface area contributed by atoms with E-state index in [-0.39, 0.29) is 0 Å². The predicted octanol–water partition coefficient (Wildman–Crippen LogP) is 6.66. The van der Waals surface area contributed by atoms with Crippen LogP contribution in [0.25, 0.3) is 0 Å². The van der Waals surface area contributed by atoms with Gasteiger partial charge in [0.05, 0.1) is 14.2 Å². The first kappa shape index (κ1) is 20.4. The van der Waals surface area contributed by atoms with Crippen LogP contribution < -0.4 is 9.47 Å². The van der Waals surface area contributed by atoms with Crippen molar-refractivity contribution in [3.8, 4) is 11.5 Å². The highest BCUT2D eigenvalue weighted by Crippen LogP contribution is 2.40. The maximum atomic E-state index is 5.54. The van der Waals surface area contributed by atoms with Crippen LogP contribution in [0.2, 0.25) is 0 Å². The van der Waals surface area contributed by atoms with Gasteiger partial charge in [-0.25, -0.2) is 0 Å². The molecule has 0 saturated heterocycles. The molecular formula is C24H34O2. The fraction of sp³-hybridized carbons (Fsp3) is 0.500. The van der Waals surface area contributed by atoms with E-state index in [0.29, 0.717) is 23.7 Å². The molecule has 142 valence electrons. The van der Waals surface area contributed by atoms with Gasteiger partial charge in [-0.1, -0.05) is 64.1 Å². The number of hydrogen-bond donors (Lipinski definition) is 0. The van der Waals surface area contributed by atoms with Gasteiger partial charge in [-0.2, -0.15) is 0 Å². The Labute approximate surface area is 159 Å². The number of methoxy groups -OCH3 is 2. The van der Waals surface area contributed by atoms with Crippen molar-refractivity contribution in [3.05, 3.63) is 59.7 Å². The summed E-state index contributed by atoms with van der Waals surface area (Å²) in [5.41, 5.74) is 2.79. The standard InChI is InChI=1S/C24H34O2/c1-17(2)14-21(20-12-13-23(25-5)24(16-20)26-6)15-22(18(3)4)19-10-8-7-9-11-19/h7-13,16-18,21-22H,14-15H2,1-6H3. The monoisotopic (exact) mass is 354 g/mol. The summed E-state index contributed by atoms with van der Waals surface area (Å²) < 4.78 is 11.0. The zero-order valence-electron chi connectivity index (χ0n) is 17.2. The highest BCUT2D eigenvalue weighted by Gasteiger charge is 2.24. The predicted molar refractivity (Wildman–Crippen MR) is 110 cm³/mol. The summed E-state index contributed by atoms with van der Waals surface area (Å²) in [4.78, 5) is 0. The summed E-state index contributed by atoms with van der Waals surface area (Å²) in [6.07, 6.45) is 2.32. The Morgan fingerprint density at radius 1 is 0.731 bits per heavy atom.